The number of nitrogens with zero attached hydrogens (tertiary/aromatic N) is 2. The molecule has 4 nitrogen and oxygen atoms in total. The van der Waals surface area contributed by atoms with Crippen molar-refractivity contribution in [2.75, 3.05) is 40.9 Å². The highest BCUT2D eigenvalue weighted by Crippen LogP contribution is 2.28. The molecule has 0 saturated carbocycles. The standard InChI is InChI=1S/C23H31FN2O2/c1-25(14-12-18-10-11-22(27-2)23(15-18)28-3)20-8-6-13-26(17-20)16-19-7-4-5-9-21(19)24/h4-5,7,9-11,15,20H,6,8,12-14,16-17H2,1-3H3/t20-/m1/s1. The molecule has 0 amide bonds. The number of likely N-dealkylation sites (N-methyl/N-ethyl adjacent to an activating group) is 1. The minimum Gasteiger partial charge on any atom is -0.493 e. The van der Waals surface area contributed by atoms with Crippen LogP contribution in [0.3, 0.4) is 0 Å². The Morgan fingerprint density at radius 1 is 1.11 bits per heavy atom. The van der Waals surface area contributed by atoms with E-state index in [-0.39, 0.29) is 5.82 Å². The second-order valence-electron chi connectivity index (χ2n) is 7.54. The number of benzene rings is 2. The maximum atomic E-state index is 14.0. The van der Waals surface area contributed by atoms with Crippen molar-refractivity contribution < 1.29 is 13.9 Å². The summed E-state index contributed by atoms with van der Waals surface area (Å²) in [5.41, 5.74) is 2.03. The summed E-state index contributed by atoms with van der Waals surface area (Å²) in [5, 5.41) is 0. The minimum absolute atomic E-state index is 0.105. The van der Waals surface area contributed by atoms with E-state index in [0.717, 1.165) is 49.5 Å². The monoisotopic (exact) mass is 386 g/mol. The van der Waals surface area contributed by atoms with Crippen LogP contribution in [0, 0.1) is 5.82 Å². The van der Waals surface area contributed by atoms with Crippen LogP contribution in [-0.2, 0) is 13.0 Å². The molecule has 0 bridgehead atoms. The number of halogens is 1. The van der Waals surface area contributed by atoms with E-state index >= 15 is 0 Å². The van der Waals surface area contributed by atoms with Crippen LogP contribution in [0.5, 0.6) is 11.5 Å². The van der Waals surface area contributed by atoms with Gasteiger partial charge in [-0.25, -0.2) is 4.39 Å². The van der Waals surface area contributed by atoms with E-state index in [1.54, 1.807) is 26.4 Å². The van der Waals surface area contributed by atoms with E-state index in [1.807, 2.05) is 18.2 Å². The average Bonchev–Trinajstić information content (AvgIpc) is 2.73. The third-order valence-electron chi connectivity index (χ3n) is 5.66. The zero-order chi connectivity index (χ0) is 19.9. The Kier molecular flexibility index (Phi) is 7.29. The molecule has 1 atom stereocenters. The third kappa shape index (κ3) is 5.24. The van der Waals surface area contributed by atoms with E-state index in [9.17, 15) is 4.39 Å². The summed E-state index contributed by atoms with van der Waals surface area (Å²) in [6.45, 7) is 3.69. The molecule has 2 aromatic rings. The highest BCUT2D eigenvalue weighted by Gasteiger charge is 2.23. The van der Waals surface area contributed by atoms with Gasteiger partial charge in [-0.15, -0.1) is 0 Å². The lowest BCUT2D eigenvalue weighted by molar-refractivity contribution is 0.111. The zero-order valence-electron chi connectivity index (χ0n) is 17.2. The number of likely N-dealkylation sites (tertiary alicyclic amines) is 1. The molecule has 1 heterocycles. The van der Waals surface area contributed by atoms with Crippen molar-refractivity contribution in [2.24, 2.45) is 0 Å². The molecular weight excluding hydrogens is 355 g/mol. The lowest BCUT2D eigenvalue weighted by Gasteiger charge is -2.37. The highest BCUT2D eigenvalue weighted by molar-refractivity contribution is 5.42. The minimum atomic E-state index is -0.105. The molecule has 0 aromatic heterocycles. The van der Waals surface area contributed by atoms with Crippen LogP contribution in [0.2, 0.25) is 0 Å². The summed E-state index contributed by atoms with van der Waals surface area (Å²) in [6.07, 6.45) is 3.30. The molecule has 0 spiro atoms. The van der Waals surface area contributed by atoms with Gasteiger partial charge in [0.05, 0.1) is 14.2 Å². The molecule has 1 aliphatic rings. The fourth-order valence-electron chi connectivity index (χ4n) is 3.93. The molecule has 0 N–H and O–H groups in total. The van der Waals surface area contributed by atoms with Gasteiger partial charge in [0, 0.05) is 31.2 Å². The normalized spacial score (nSPS) is 17.7. The Morgan fingerprint density at radius 2 is 1.89 bits per heavy atom. The van der Waals surface area contributed by atoms with Crippen molar-refractivity contribution >= 4 is 0 Å². The summed E-state index contributed by atoms with van der Waals surface area (Å²) in [5.74, 6) is 1.43. The van der Waals surface area contributed by atoms with E-state index in [2.05, 4.69) is 29.0 Å². The van der Waals surface area contributed by atoms with Gasteiger partial charge in [0.2, 0.25) is 0 Å². The second-order valence-corrected chi connectivity index (χ2v) is 7.54. The van der Waals surface area contributed by atoms with Gasteiger partial charge in [0.25, 0.3) is 0 Å². The number of ether oxygens (including phenoxy) is 2. The summed E-state index contributed by atoms with van der Waals surface area (Å²) < 4.78 is 24.7. The molecule has 1 fully saturated rings. The Hall–Kier alpha value is -2.11. The first-order chi connectivity index (χ1) is 13.6. The van der Waals surface area contributed by atoms with E-state index < -0.39 is 0 Å². The summed E-state index contributed by atoms with van der Waals surface area (Å²) in [7, 11) is 5.51. The van der Waals surface area contributed by atoms with Crippen LogP contribution < -0.4 is 9.47 Å². The van der Waals surface area contributed by atoms with Crippen LogP contribution in [0.25, 0.3) is 0 Å². The van der Waals surface area contributed by atoms with Crippen molar-refractivity contribution in [1.82, 2.24) is 9.80 Å². The molecule has 0 radical (unpaired) electrons. The fraction of sp³-hybridized carbons (Fsp3) is 0.478. The van der Waals surface area contributed by atoms with Gasteiger partial charge in [-0.1, -0.05) is 24.3 Å². The third-order valence-corrected chi connectivity index (χ3v) is 5.66. The Labute approximate surface area is 167 Å². The predicted molar refractivity (Wildman–Crippen MR) is 111 cm³/mol. The average molecular weight is 387 g/mol. The summed E-state index contributed by atoms with van der Waals surface area (Å²) >= 11 is 0. The largest absolute Gasteiger partial charge is 0.493 e. The van der Waals surface area contributed by atoms with Crippen LogP contribution in [0.15, 0.2) is 42.5 Å². The van der Waals surface area contributed by atoms with Crippen molar-refractivity contribution in [2.45, 2.75) is 31.8 Å². The van der Waals surface area contributed by atoms with E-state index in [1.165, 1.54) is 12.0 Å². The van der Waals surface area contributed by atoms with Crippen molar-refractivity contribution in [3.8, 4) is 11.5 Å². The van der Waals surface area contributed by atoms with Crippen LogP contribution in [0.1, 0.15) is 24.0 Å². The van der Waals surface area contributed by atoms with E-state index in [4.69, 9.17) is 9.47 Å². The molecule has 152 valence electrons. The van der Waals surface area contributed by atoms with Crippen molar-refractivity contribution in [3.05, 3.63) is 59.4 Å². The predicted octanol–water partition coefficient (Wildman–Crippen LogP) is 3.98. The van der Waals surface area contributed by atoms with Crippen molar-refractivity contribution in [1.29, 1.82) is 0 Å². The summed E-state index contributed by atoms with van der Waals surface area (Å²) in [6, 6.07) is 13.7. The number of methoxy groups -OCH3 is 2. The second kappa shape index (κ2) is 9.89. The Bertz CT molecular complexity index is 768. The quantitative estimate of drug-likeness (QED) is 0.685. The molecule has 3 rings (SSSR count). The maximum absolute atomic E-state index is 14.0. The first-order valence-electron chi connectivity index (χ1n) is 9.97. The summed E-state index contributed by atoms with van der Waals surface area (Å²) in [4.78, 5) is 4.81. The molecule has 2 aromatic carbocycles. The van der Waals surface area contributed by atoms with Gasteiger partial charge in [-0.05, 0) is 56.6 Å². The fourth-order valence-corrected chi connectivity index (χ4v) is 3.93. The molecule has 0 unspecified atom stereocenters. The first-order valence-corrected chi connectivity index (χ1v) is 9.97. The molecule has 1 saturated heterocycles. The van der Waals surface area contributed by atoms with Gasteiger partial charge in [0.15, 0.2) is 11.5 Å². The molecule has 0 aliphatic carbocycles. The molecule has 5 heteroatoms. The Morgan fingerprint density at radius 3 is 2.64 bits per heavy atom. The maximum Gasteiger partial charge on any atom is 0.160 e. The number of hydrogen-bond donors (Lipinski definition) is 0. The number of hydrogen-bond acceptors (Lipinski definition) is 4. The van der Waals surface area contributed by atoms with Gasteiger partial charge < -0.3 is 14.4 Å². The van der Waals surface area contributed by atoms with Crippen LogP contribution in [0.4, 0.5) is 4.39 Å². The lowest BCUT2D eigenvalue weighted by Crippen LogP contribution is -2.46. The van der Waals surface area contributed by atoms with Crippen molar-refractivity contribution in [3.63, 3.8) is 0 Å². The Balaban J connectivity index is 1.54. The van der Waals surface area contributed by atoms with Gasteiger partial charge in [-0.2, -0.15) is 0 Å². The SMILES string of the molecule is COc1ccc(CCN(C)[C@@H]2CCCN(Cc3ccccc3F)C2)cc1OC. The van der Waals surface area contributed by atoms with Gasteiger partial charge in [-0.3, -0.25) is 4.90 Å². The van der Waals surface area contributed by atoms with Gasteiger partial charge >= 0.3 is 0 Å². The van der Waals surface area contributed by atoms with E-state index in [0.29, 0.717) is 12.6 Å². The molecule has 28 heavy (non-hydrogen) atoms. The topological polar surface area (TPSA) is 24.9 Å². The number of piperidine rings is 1. The molecule has 1 aliphatic heterocycles. The zero-order valence-corrected chi connectivity index (χ0v) is 17.2. The number of rotatable bonds is 8. The lowest BCUT2D eigenvalue weighted by atomic mass is 10.0. The first kappa shape index (κ1) is 20.6. The van der Waals surface area contributed by atoms with Crippen LogP contribution in [-0.4, -0.2) is 56.7 Å². The highest BCUT2D eigenvalue weighted by atomic mass is 19.1. The van der Waals surface area contributed by atoms with Crippen LogP contribution >= 0.6 is 0 Å². The smallest absolute Gasteiger partial charge is 0.160 e. The molecular formula is C23H31FN2O2. The van der Waals surface area contributed by atoms with Gasteiger partial charge in [0.1, 0.15) is 5.82 Å².